The number of benzene rings is 1. The third-order valence-electron chi connectivity index (χ3n) is 3.33. The lowest BCUT2D eigenvalue weighted by atomic mass is 10.1. The Morgan fingerprint density at radius 3 is 3.12 bits per heavy atom. The second-order valence-corrected chi connectivity index (χ2v) is 4.75. The Morgan fingerprint density at radius 2 is 2.24 bits per heavy atom. The highest BCUT2D eigenvalue weighted by Gasteiger charge is 2.10. The highest BCUT2D eigenvalue weighted by atomic mass is 16.3. The minimum absolute atomic E-state index is 0.362. The zero-order valence-corrected chi connectivity index (χ0v) is 10.3. The van der Waals surface area contributed by atoms with Gasteiger partial charge in [-0.25, -0.2) is 0 Å². The topological polar surface area (TPSA) is 44.3 Å². The summed E-state index contributed by atoms with van der Waals surface area (Å²) in [6, 6.07) is 8.18. The highest BCUT2D eigenvalue weighted by molar-refractivity contribution is 5.27. The van der Waals surface area contributed by atoms with Gasteiger partial charge in [0, 0.05) is 6.04 Å². The number of rotatable bonds is 4. The van der Waals surface area contributed by atoms with Crippen LogP contribution in [0.3, 0.4) is 0 Å². The van der Waals surface area contributed by atoms with Crippen LogP contribution in [0.1, 0.15) is 24.8 Å². The largest absolute Gasteiger partial charge is 0.508 e. The van der Waals surface area contributed by atoms with Gasteiger partial charge in [0.2, 0.25) is 0 Å². The molecule has 0 aromatic heterocycles. The zero-order valence-electron chi connectivity index (χ0n) is 10.3. The molecule has 1 aliphatic rings. The Morgan fingerprint density at radius 1 is 1.29 bits per heavy atom. The Hall–Kier alpha value is -1.06. The maximum atomic E-state index is 9.37. The lowest BCUT2D eigenvalue weighted by Crippen LogP contribution is -2.31. The SMILES string of the molecule is Oc1cccc(CCNC2CCCNCC2)c1. The predicted molar refractivity (Wildman–Crippen MR) is 70.3 cm³/mol. The number of phenols is 1. The van der Waals surface area contributed by atoms with Crippen LogP contribution in [-0.4, -0.2) is 30.8 Å². The molecular formula is C14H22N2O. The molecule has 1 aliphatic heterocycles. The summed E-state index contributed by atoms with van der Waals surface area (Å²) in [5.74, 6) is 0.362. The van der Waals surface area contributed by atoms with Crippen LogP contribution in [-0.2, 0) is 6.42 Å². The molecular weight excluding hydrogens is 212 g/mol. The minimum Gasteiger partial charge on any atom is -0.508 e. The first-order valence-electron chi connectivity index (χ1n) is 6.56. The van der Waals surface area contributed by atoms with Gasteiger partial charge < -0.3 is 15.7 Å². The molecule has 1 saturated heterocycles. The van der Waals surface area contributed by atoms with E-state index >= 15 is 0 Å². The van der Waals surface area contributed by atoms with Gasteiger partial charge in [-0.15, -0.1) is 0 Å². The molecule has 3 nitrogen and oxygen atoms in total. The fraction of sp³-hybridized carbons (Fsp3) is 0.571. The van der Waals surface area contributed by atoms with E-state index in [-0.39, 0.29) is 0 Å². The molecule has 0 amide bonds. The Balaban J connectivity index is 1.71. The fourth-order valence-corrected chi connectivity index (χ4v) is 2.36. The summed E-state index contributed by atoms with van der Waals surface area (Å²) in [5, 5.41) is 16.4. The molecule has 94 valence electrons. The summed E-state index contributed by atoms with van der Waals surface area (Å²) >= 11 is 0. The first-order chi connectivity index (χ1) is 8.34. The summed E-state index contributed by atoms with van der Waals surface area (Å²) in [6.07, 6.45) is 4.75. The van der Waals surface area contributed by atoms with E-state index in [1.165, 1.54) is 24.8 Å². The molecule has 2 rings (SSSR count). The summed E-state index contributed by atoms with van der Waals surface area (Å²) < 4.78 is 0. The van der Waals surface area contributed by atoms with Gasteiger partial charge in [0.25, 0.3) is 0 Å². The third-order valence-corrected chi connectivity index (χ3v) is 3.33. The van der Waals surface area contributed by atoms with Crippen molar-refractivity contribution in [2.75, 3.05) is 19.6 Å². The maximum absolute atomic E-state index is 9.37. The van der Waals surface area contributed by atoms with Crippen molar-refractivity contribution in [1.82, 2.24) is 10.6 Å². The van der Waals surface area contributed by atoms with Gasteiger partial charge in [-0.05, 0) is 63.0 Å². The predicted octanol–water partition coefficient (Wildman–Crippen LogP) is 1.67. The van der Waals surface area contributed by atoms with Crippen LogP contribution in [0.4, 0.5) is 0 Å². The molecule has 1 aromatic rings. The number of hydrogen-bond acceptors (Lipinski definition) is 3. The molecule has 1 heterocycles. The van der Waals surface area contributed by atoms with Gasteiger partial charge >= 0.3 is 0 Å². The van der Waals surface area contributed by atoms with E-state index in [4.69, 9.17) is 0 Å². The molecule has 1 aromatic carbocycles. The molecule has 1 atom stereocenters. The highest BCUT2D eigenvalue weighted by Crippen LogP contribution is 2.11. The first kappa shape index (κ1) is 12.4. The molecule has 1 unspecified atom stereocenters. The second-order valence-electron chi connectivity index (χ2n) is 4.75. The lowest BCUT2D eigenvalue weighted by molar-refractivity contribution is 0.468. The Bertz CT molecular complexity index is 333. The number of nitrogens with one attached hydrogen (secondary N) is 2. The molecule has 0 aliphatic carbocycles. The minimum atomic E-state index is 0.362. The van der Waals surface area contributed by atoms with Gasteiger partial charge in [-0.2, -0.15) is 0 Å². The summed E-state index contributed by atoms with van der Waals surface area (Å²) in [5.41, 5.74) is 1.20. The standard InChI is InChI=1S/C14H22N2O/c17-14-5-1-3-12(11-14)6-10-16-13-4-2-8-15-9-7-13/h1,3,5,11,13,15-17H,2,4,6-10H2. The smallest absolute Gasteiger partial charge is 0.115 e. The van der Waals surface area contributed by atoms with Crippen LogP contribution < -0.4 is 10.6 Å². The van der Waals surface area contributed by atoms with Crippen LogP contribution in [0.25, 0.3) is 0 Å². The van der Waals surface area contributed by atoms with E-state index in [1.54, 1.807) is 6.07 Å². The van der Waals surface area contributed by atoms with Crippen LogP contribution in [0.15, 0.2) is 24.3 Å². The van der Waals surface area contributed by atoms with E-state index in [1.807, 2.05) is 12.1 Å². The molecule has 0 spiro atoms. The first-order valence-corrected chi connectivity index (χ1v) is 6.56. The van der Waals surface area contributed by atoms with Crippen LogP contribution in [0, 0.1) is 0 Å². The van der Waals surface area contributed by atoms with E-state index < -0.39 is 0 Å². The normalized spacial score (nSPS) is 21.1. The van der Waals surface area contributed by atoms with Crippen molar-refractivity contribution >= 4 is 0 Å². The van der Waals surface area contributed by atoms with Gasteiger partial charge in [-0.1, -0.05) is 12.1 Å². The van der Waals surface area contributed by atoms with Crippen molar-refractivity contribution in [1.29, 1.82) is 0 Å². The van der Waals surface area contributed by atoms with Crippen molar-refractivity contribution in [3.8, 4) is 5.75 Å². The number of hydrogen-bond donors (Lipinski definition) is 3. The van der Waals surface area contributed by atoms with Gasteiger partial charge in [0.05, 0.1) is 0 Å². The number of aromatic hydroxyl groups is 1. The average Bonchev–Trinajstić information content (AvgIpc) is 2.58. The maximum Gasteiger partial charge on any atom is 0.115 e. The van der Waals surface area contributed by atoms with Crippen molar-refractivity contribution in [3.05, 3.63) is 29.8 Å². The molecule has 0 radical (unpaired) electrons. The Labute approximate surface area is 103 Å². The second kappa shape index (κ2) is 6.62. The van der Waals surface area contributed by atoms with Crippen molar-refractivity contribution in [2.24, 2.45) is 0 Å². The van der Waals surface area contributed by atoms with E-state index in [2.05, 4.69) is 16.7 Å². The van der Waals surface area contributed by atoms with Crippen molar-refractivity contribution in [2.45, 2.75) is 31.7 Å². The van der Waals surface area contributed by atoms with Gasteiger partial charge in [0.1, 0.15) is 5.75 Å². The molecule has 0 bridgehead atoms. The zero-order chi connectivity index (χ0) is 11.9. The van der Waals surface area contributed by atoms with Crippen LogP contribution in [0.5, 0.6) is 5.75 Å². The lowest BCUT2D eigenvalue weighted by Gasteiger charge is -2.15. The monoisotopic (exact) mass is 234 g/mol. The molecule has 17 heavy (non-hydrogen) atoms. The molecule has 0 saturated carbocycles. The van der Waals surface area contributed by atoms with Gasteiger partial charge in [-0.3, -0.25) is 0 Å². The van der Waals surface area contributed by atoms with Crippen LogP contribution >= 0.6 is 0 Å². The van der Waals surface area contributed by atoms with Gasteiger partial charge in [0.15, 0.2) is 0 Å². The van der Waals surface area contributed by atoms with Crippen molar-refractivity contribution in [3.63, 3.8) is 0 Å². The quantitative estimate of drug-likeness (QED) is 0.742. The van der Waals surface area contributed by atoms with Crippen LogP contribution in [0.2, 0.25) is 0 Å². The Kier molecular flexibility index (Phi) is 4.83. The molecule has 1 fully saturated rings. The number of phenolic OH excluding ortho intramolecular Hbond substituents is 1. The van der Waals surface area contributed by atoms with E-state index in [9.17, 15) is 5.11 Å². The molecule has 3 heteroatoms. The van der Waals surface area contributed by atoms with E-state index in [0.29, 0.717) is 11.8 Å². The summed E-state index contributed by atoms with van der Waals surface area (Å²) in [6.45, 7) is 3.28. The van der Waals surface area contributed by atoms with E-state index in [0.717, 1.165) is 26.1 Å². The molecule has 3 N–H and O–H groups in total. The summed E-state index contributed by atoms with van der Waals surface area (Å²) in [4.78, 5) is 0. The third kappa shape index (κ3) is 4.36. The average molecular weight is 234 g/mol. The fourth-order valence-electron chi connectivity index (χ4n) is 2.36. The van der Waals surface area contributed by atoms with Crippen molar-refractivity contribution < 1.29 is 5.11 Å². The summed E-state index contributed by atoms with van der Waals surface area (Å²) in [7, 11) is 0.